The summed E-state index contributed by atoms with van der Waals surface area (Å²) in [4.78, 5) is 0. The minimum absolute atomic E-state index is 0.625. The first kappa shape index (κ1) is 13.9. The van der Waals surface area contributed by atoms with Crippen LogP contribution in [0, 0.1) is 11.8 Å². The minimum atomic E-state index is 0.625. The van der Waals surface area contributed by atoms with E-state index < -0.39 is 0 Å². The fraction of sp³-hybridized carbons (Fsp3) is 0.667. The summed E-state index contributed by atoms with van der Waals surface area (Å²) in [5.41, 5.74) is 3.09. The smallest absolute Gasteiger partial charge is 0.119 e. The van der Waals surface area contributed by atoms with Gasteiger partial charge in [-0.3, -0.25) is 0 Å². The van der Waals surface area contributed by atoms with Crippen LogP contribution in [0.4, 0.5) is 0 Å². The van der Waals surface area contributed by atoms with Crippen LogP contribution >= 0.6 is 0 Å². The van der Waals surface area contributed by atoms with E-state index in [1.165, 1.54) is 37.7 Å². The molecule has 1 saturated carbocycles. The summed E-state index contributed by atoms with van der Waals surface area (Å²) in [5, 5.41) is 3.60. The van der Waals surface area contributed by atoms with Crippen molar-refractivity contribution in [1.82, 2.24) is 5.32 Å². The largest absolute Gasteiger partial charge is 0.497 e. The van der Waals surface area contributed by atoms with E-state index in [-0.39, 0.29) is 0 Å². The molecule has 1 aromatic rings. The molecule has 2 aliphatic rings. The summed E-state index contributed by atoms with van der Waals surface area (Å²) in [6, 6.07) is 7.35. The molecule has 1 aromatic carbocycles. The highest BCUT2D eigenvalue weighted by Gasteiger charge is 2.37. The van der Waals surface area contributed by atoms with Crippen LogP contribution < -0.4 is 10.1 Å². The SMILES string of the molecule is CNC1Cc2ccc(OC)cc2C2CCCCC1[C@@H]2C. The van der Waals surface area contributed by atoms with Crippen molar-refractivity contribution in [2.24, 2.45) is 11.8 Å². The molecular weight excluding hydrogens is 246 g/mol. The van der Waals surface area contributed by atoms with Gasteiger partial charge in [0.25, 0.3) is 0 Å². The lowest BCUT2D eigenvalue weighted by atomic mass is 9.77. The predicted molar refractivity (Wildman–Crippen MR) is 83.4 cm³/mol. The van der Waals surface area contributed by atoms with Crippen molar-refractivity contribution >= 4 is 0 Å². The zero-order valence-electron chi connectivity index (χ0n) is 13.0. The number of likely N-dealkylation sites (N-methyl/N-ethyl adjacent to an activating group) is 1. The Morgan fingerprint density at radius 3 is 2.75 bits per heavy atom. The van der Waals surface area contributed by atoms with Crippen molar-refractivity contribution in [2.75, 3.05) is 14.2 Å². The van der Waals surface area contributed by atoms with Gasteiger partial charge in [-0.15, -0.1) is 0 Å². The molecule has 2 heteroatoms. The maximum atomic E-state index is 5.46. The highest BCUT2D eigenvalue weighted by atomic mass is 16.5. The lowest BCUT2D eigenvalue weighted by molar-refractivity contribution is 0.246. The molecule has 3 unspecified atom stereocenters. The Hall–Kier alpha value is -1.02. The maximum Gasteiger partial charge on any atom is 0.119 e. The molecule has 0 aromatic heterocycles. The molecule has 2 bridgehead atoms. The van der Waals surface area contributed by atoms with E-state index in [0.29, 0.717) is 12.0 Å². The molecule has 1 fully saturated rings. The van der Waals surface area contributed by atoms with Crippen molar-refractivity contribution in [2.45, 2.75) is 51.0 Å². The van der Waals surface area contributed by atoms with Gasteiger partial charge in [-0.1, -0.05) is 25.8 Å². The quantitative estimate of drug-likeness (QED) is 0.886. The molecule has 3 rings (SSSR count). The van der Waals surface area contributed by atoms with Crippen molar-refractivity contribution in [3.8, 4) is 5.75 Å². The normalized spacial score (nSPS) is 33.0. The summed E-state index contributed by atoms with van der Waals surface area (Å²) in [6.07, 6.45) is 6.66. The molecule has 110 valence electrons. The number of fused-ring (bicyclic) bond motifs is 4. The van der Waals surface area contributed by atoms with E-state index >= 15 is 0 Å². The summed E-state index contributed by atoms with van der Waals surface area (Å²) >= 11 is 0. The molecule has 0 heterocycles. The topological polar surface area (TPSA) is 21.3 Å². The third kappa shape index (κ3) is 2.35. The Balaban J connectivity index is 2.07. The molecule has 0 saturated heterocycles. The van der Waals surface area contributed by atoms with E-state index in [9.17, 15) is 0 Å². The van der Waals surface area contributed by atoms with Gasteiger partial charge in [0.1, 0.15) is 5.75 Å². The van der Waals surface area contributed by atoms with Gasteiger partial charge in [-0.2, -0.15) is 0 Å². The zero-order chi connectivity index (χ0) is 14.1. The number of methoxy groups -OCH3 is 1. The van der Waals surface area contributed by atoms with E-state index in [2.05, 4.69) is 37.5 Å². The number of rotatable bonds is 2. The minimum Gasteiger partial charge on any atom is -0.497 e. The van der Waals surface area contributed by atoms with Gasteiger partial charge in [0.2, 0.25) is 0 Å². The number of ether oxygens (including phenoxy) is 1. The van der Waals surface area contributed by atoms with Gasteiger partial charge in [0.15, 0.2) is 0 Å². The average molecular weight is 273 g/mol. The summed E-state index contributed by atoms with van der Waals surface area (Å²) in [5.74, 6) is 3.31. The van der Waals surface area contributed by atoms with Crippen molar-refractivity contribution < 1.29 is 4.74 Å². The summed E-state index contributed by atoms with van der Waals surface area (Å²) in [7, 11) is 3.90. The van der Waals surface area contributed by atoms with Crippen LogP contribution in [0.25, 0.3) is 0 Å². The first-order valence-electron chi connectivity index (χ1n) is 8.08. The lowest BCUT2D eigenvalue weighted by Crippen LogP contribution is -2.38. The highest BCUT2D eigenvalue weighted by molar-refractivity contribution is 5.40. The maximum absolute atomic E-state index is 5.46. The van der Waals surface area contributed by atoms with E-state index in [0.717, 1.165) is 17.6 Å². The number of hydrogen-bond donors (Lipinski definition) is 1. The predicted octanol–water partition coefficient (Wildman–Crippen LogP) is 3.75. The number of nitrogens with one attached hydrogen (secondary N) is 1. The van der Waals surface area contributed by atoms with E-state index in [1.807, 2.05) is 0 Å². The molecule has 2 aliphatic carbocycles. The molecule has 4 atom stereocenters. The third-order valence-corrected chi connectivity index (χ3v) is 5.69. The van der Waals surface area contributed by atoms with Crippen molar-refractivity contribution in [1.29, 1.82) is 0 Å². The Labute approximate surface area is 122 Å². The summed E-state index contributed by atoms with van der Waals surface area (Å²) < 4.78 is 5.46. The molecule has 0 aliphatic heterocycles. The molecule has 20 heavy (non-hydrogen) atoms. The average Bonchev–Trinajstić information content (AvgIpc) is 2.73. The Kier molecular flexibility index (Phi) is 4.02. The van der Waals surface area contributed by atoms with Gasteiger partial charge in [0, 0.05) is 6.04 Å². The standard InChI is InChI=1S/C18H27NO/c1-12-15-6-4-5-7-16(12)18(19-2)10-13-8-9-14(20-3)11-17(13)15/h8-9,11-12,15-16,18-19H,4-7,10H2,1-3H3/t12-,15?,16?,18?/m1/s1. The van der Waals surface area contributed by atoms with Crippen LogP contribution in [0.15, 0.2) is 18.2 Å². The van der Waals surface area contributed by atoms with Crippen molar-refractivity contribution in [3.05, 3.63) is 29.3 Å². The van der Waals surface area contributed by atoms with Gasteiger partial charge in [-0.25, -0.2) is 0 Å². The monoisotopic (exact) mass is 273 g/mol. The van der Waals surface area contributed by atoms with Gasteiger partial charge in [0.05, 0.1) is 7.11 Å². The van der Waals surface area contributed by atoms with Gasteiger partial charge < -0.3 is 10.1 Å². The van der Waals surface area contributed by atoms with E-state index in [1.54, 1.807) is 12.7 Å². The van der Waals surface area contributed by atoms with Gasteiger partial charge in [-0.05, 0) is 67.3 Å². The fourth-order valence-electron chi connectivity index (χ4n) is 4.51. The molecule has 1 N–H and O–H groups in total. The van der Waals surface area contributed by atoms with Crippen LogP contribution in [0.2, 0.25) is 0 Å². The molecular formula is C18H27NO. The van der Waals surface area contributed by atoms with Crippen LogP contribution in [-0.2, 0) is 6.42 Å². The molecule has 2 nitrogen and oxygen atoms in total. The fourth-order valence-corrected chi connectivity index (χ4v) is 4.51. The second kappa shape index (κ2) is 5.77. The van der Waals surface area contributed by atoms with Crippen molar-refractivity contribution in [3.63, 3.8) is 0 Å². The van der Waals surface area contributed by atoms with Crippen LogP contribution in [0.1, 0.15) is 49.7 Å². The first-order chi connectivity index (χ1) is 9.74. The Morgan fingerprint density at radius 2 is 2.00 bits per heavy atom. The second-order valence-electron chi connectivity index (χ2n) is 6.58. The lowest BCUT2D eigenvalue weighted by Gasteiger charge is -2.31. The van der Waals surface area contributed by atoms with Crippen LogP contribution in [0.5, 0.6) is 5.75 Å². The highest BCUT2D eigenvalue weighted by Crippen LogP contribution is 2.46. The Morgan fingerprint density at radius 1 is 1.20 bits per heavy atom. The molecule has 0 spiro atoms. The molecule has 0 amide bonds. The van der Waals surface area contributed by atoms with Crippen LogP contribution in [-0.4, -0.2) is 20.2 Å². The Bertz CT molecular complexity index is 470. The summed E-state index contributed by atoms with van der Waals surface area (Å²) in [6.45, 7) is 2.47. The zero-order valence-corrected chi connectivity index (χ0v) is 13.0. The second-order valence-corrected chi connectivity index (χ2v) is 6.58. The number of benzene rings is 1. The third-order valence-electron chi connectivity index (χ3n) is 5.69. The molecule has 0 radical (unpaired) electrons. The van der Waals surface area contributed by atoms with Gasteiger partial charge >= 0.3 is 0 Å². The van der Waals surface area contributed by atoms with E-state index in [4.69, 9.17) is 4.74 Å². The first-order valence-corrected chi connectivity index (χ1v) is 8.08. The number of hydrogen-bond acceptors (Lipinski definition) is 2. The van der Waals surface area contributed by atoms with Crippen LogP contribution in [0.3, 0.4) is 0 Å².